The van der Waals surface area contributed by atoms with Crippen LogP contribution in [0, 0.1) is 0 Å². The quantitative estimate of drug-likeness (QED) is 0.180. The minimum Gasteiger partial charge on any atom is -0.422 e. The van der Waals surface area contributed by atoms with E-state index in [1.807, 2.05) is 0 Å². The number of esters is 4. The van der Waals surface area contributed by atoms with Gasteiger partial charge in [0.25, 0.3) is 0 Å². The summed E-state index contributed by atoms with van der Waals surface area (Å²) in [5.41, 5.74) is 0. The Hall–Kier alpha value is -2.36. The first-order chi connectivity index (χ1) is 14.9. The molecule has 0 aromatic heterocycles. The summed E-state index contributed by atoms with van der Waals surface area (Å²) in [5, 5.41) is 62.6. The van der Waals surface area contributed by atoms with E-state index in [0.29, 0.717) is 0 Å². The Morgan fingerprint density at radius 1 is 0.688 bits per heavy atom. The molecule has 2 heterocycles. The fourth-order valence-corrected chi connectivity index (χ4v) is 3.14. The zero-order valence-electron chi connectivity index (χ0n) is 17.0. The summed E-state index contributed by atoms with van der Waals surface area (Å²) in [6.07, 6.45) is -6.67. The smallest absolute Gasteiger partial charge is 0.422 e. The Morgan fingerprint density at radius 2 is 1.06 bits per heavy atom. The molecule has 0 radical (unpaired) electrons. The molecule has 14 heteroatoms. The van der Waals surface area contributed by atoms with Gasteiger partial charge < -0.3 is 49.6 Å². The summed E-state index contributed by atoms with van der Waals surface area (Å²) in [4.78, 5) is 48.8. The number of hydrogen-bond acceptors (Lipinski definition) is 14. The van der Waals surface area contributed by atoms with Crippen LogP contribution in [0.5, 0.6) is 0 Å². The van der Waals surface area contributed by atoms with Crippen LogP contribution in [0.3, 0.4) is 0 Å². The topological polar surface area (TPSA) is 227 Å². The molecule has 0 aliphatic carbocycles. The summed E-state index contributed by atoms with van der Waals surface area (Å²) in [7, 11) is 0. The van der Waals surface area contributed by atoms with Gasteiger partial charge in [0.15, 0.2) is 6.10 Å². The lowest BCUT2D eigenvalue weighted by Gasteiger charge is -2.48. The van der Waals surface area contributed by atoms with Gasteiger partial charge in [-0.3, -0.25) is 19.2 Å². The van der Waals surface area contributed by atoms with Crippen LogP contribution in [-0.2, 0) is 38.1 Å². The molecule has 32 heavy (non-hydrogen) atoms. The van der Waals surface area contributed by atoms with E-state index in [0.717, 1.165) is 0 Å². The van der Waals surface area contributed by atoms with E-state index in [1.54, 1.807) is 0 Å². The number of aliphatic hydroxyl groups excluding tert-OH is 3. The van der Waals surface area contributed by atoms with Crippen LogP contribution in [0.25, 0.3) is 0 Å². The first kappa shape index (κ1) is 25.9. The molecule has 14 nitrogen and oxygen atoms in total. The fraction of sp³-hybridized carbons (Fsp3) is 0.778. The van der Waals surface area contributed by atoms with Crippen molar-refractivity contribution in [3.8, 4) is 0 Å². The lowest BCUT2D eigenvalue weighted by atomic mass is 9.92. The second kappa shape index (κ2) is 10.1. The van der Waals surface area contributed by atoms with Crippen LogP contribution in [-0.4, -0.2) is 90.9 Å². The van der Waals surface area contributed by atoms with E-state index < -0.39 is 85.9 Å². The van der Waals surface area contributed by atoms with Crippen molar-refractivity contribution in [3.05, 3.63) is 0 Å². The molecule has 6 N–H and O–H groups in total. The molecule has 0 amide bonds. The van der Waals surface area contributed by atoms with E-state index in [2.05, 4.69) is 14.2 Å². The van der Waals surface area contributed by atoms with E-state index in [-0.39, 0.29) is 25.7 Å². The Labute approximate surface area is 181 Å². The van der Waals surface area contributed by atoms with Crippen LogP contribution in [0.2, 0.25) is 0 Å². The molecule has 182 valence electrons. The van der Waals surface area contributed by atoms with E-state index in [1.165, 1.54) is 0 Å². The minimum absolute atomic E-state index is 0.0300. The molecule has 4 atom stereocenters. The van der Waals surface area contributed by atoms with Gasteiger partial charge in [-0.2, -0.15) is 0 Å². The maximum Gasteiger partial charge on any atom is 0.451 e. The maximum atomic E-state index is 12.3. The summed E-state index contributed by atoms with van der Waals surface area (Å²) >= 11 is 0. The summed E-state index contributed by atoms with van der Waals surface area (Å²) < 4.78 is 18.6. The van der Waals surface area contributed by atoms with Gasteiger partial charge in [0.2, 0.25) is 0 Å². The summed E-state index contributed by atoms with van der Waals surface area (Å²) in [5.74, 6) is -17.5. The van der Waals surface area contributed by atoms with Crippen molar-refractivity contribution in [2.45, 2.75) is 81.1 Å². The molecule has 0 spiro atoms. The molecule has 2 fully saturated rings. The van der Waals surface area contributed by atoms with Crippen molar-refractivity contribution in [2.24, 2.45) is 0 Å². The first-order valence-electron chi connectivity index (χ1n) is 9.90. The third-order valence-corrected chi connectivity index (χ3v) is 4.93. The third kappa shape index (κ3) is 5.16. The van der Waals surface area contributed by atoms with Crippen LogP contribution in [0.1, 0.15) is 51.4 Å². The van der Waals surface area contributed by atoms with E-state index in [9.17, 15) is 44.7 Å². The highest BCUT2D eigenvalue weighted by Gasteiger charge is 2.77. The average Bonchev–Trinajstić information content (AvgIpc) is 2.78. The Kier molecular flexibility index (Phi) is 8.14. The molecule has 2 aliphatic rings. The highest BCUT2D eigenvalue weighted by atomic mass is 16.9. The van der Waals surface area contributed by atoms with Gasteiger partial charge in [-0.1, -0.05) is 0 Å². The molecular formula is C18H26O14. The average molecular weight is 466 g/mol. The van der Waals surface area contributed by atoms with Gasteiger partial charge >= 0.3 is 41.4 Å². The lowest BCUT2D eigenvalue weighted by molar-refractivity contribution is -0.513. The van der Waals surface area contributed by atoms with Crippen LogP contribution in [0.4, 0.5) is 0 Å². The highest BCUT2D eigenvalue weighted by Crippen LogP contribution is 2.42. The molecule has 0 saturated carbocycles. The molecule has 0 aromatic rings. The second-order valence-electron chi connectivity index (χ2n) is 7.43. The van der Waals surface area contributed by atoms with Crippen molar-refractivity contribution < 1.29 is 68.8 Å². The zero-order chi connectivity index (χ0) is 24.2. The van der Waals surface area contributed by atoms with Gasteiger partial charge in [0, 0.05) is 25.7 Å². The summed E-state index contributed by atoms with van der Waals surface area (Å²) in [6, 6.07) is 0. The molecular weight excluding hydrogens is 440 g/mol. The number of ether oxygens (including phenoxy) is 4. The lowest BCUT2D eigenvalue weighted by Crippen LogP contribution is -2.78. The monoisotopic (exact) mass is 466 g/mol. The number of aliphatic hydroxyl groups is 6. The zero-order valence-corrected chi connectivity index (χ0v) is 17.0. The molecule has 0 aromatic carbocycles. The molecule has 0 unspecified atom stereocenters. The Morgan fingerprint density at radius 3 is 1.47 bits per heavy atom. The highest BCUT2D eigenvalue weighted by molar-refractivity contribution is 5.74. The Balaban J connectivity index is 2.71. The van der Waals surface area contributed by atoms with Gasteiger partial charge in [-0.25, -0.2) is 0 Å². The van der Waals surface area contributed by atoms with Crippen molar-refractivity contribution in [1.82, 2.24) is 0 Å². The van der Waals surface area contributed by atoms with Crippen LogP contribution < -0.4 is 0 Å². The van der Waals surface area contributed by atoms with Gasteiger partial charge in [0.05, 0.1) is 6.61 Å². The third-order valence-electron chi connectivity index (χ3n) is 4.93. The molecule has 2 rings (SSSR count). The number of hydrogen-bond donors (Lipinski definition) is 6. The number of carbonyl (C=O) groups excluding carboxylic acids is 4. The predicted molar refractivity (Wildman–Crippen MR) is 95.3 cm³/mol. The second-order valence-corrected chi connectivity index (χ2v) is 7.43. The van der Waals surface area contributed by atoms with Crippen molar-refractivity contribution in [2.75, 3.05) is 6.61 Å². The minimum atomic E-state index is -4.20. The number of rotatable bonds is 4. The fourth-order valence-electron chi connectivity index (χ4n) is 3.14. The number of carbonyl (C=O) groups is 4. The van der Waals surface area contributed by atoms with Gasteiger partial charge in [-0.05, 0) is 25.7 Å². The van der Waals surface area contributed by atoms with Gasteiger partial charge in [-0.15, -0.1) is 0 Å². The first-order valence-corrected chi connectivity index (χ1v) is 9.90. The SMILES string of the molecule is O=C1CCCCC(=O)OC(O)([C@]2(O)OC(=O)CCCCC(=O)O[C@]2(O)[C@H](O)[C@@H](O)CO)O1. The van der Waals surface area contributed by atoms with Crippen molar-refractivity contribution in [1.29, 1.82) is 0 Å². The van der Waals surface area contributed by atoms with E-state index in [4.69, 9.17) is 9.84 Å². The van der Waals surface area contributed by atoms with Crippen molar-refractivity contribution >= 4 is 23.9 Å². The van der Waals surface area contributed by atoms with E-state index >= 15 is 0 Å². The molecule has 2 saturated heterocycles. The molecule has 0 bridgehead atoms. The van der Waals surface area contributed by atoms with Crippen LogP contribution in [0.15, 0.2) is 0 Å². The maximum absolute atomic E-state index is 12.3. The Bertz CT molecular complexity index is 717. The normalized spacial score (nSPS) is 32.1. The molecule has 2 aliphatic heterocycles. The van der Waals surface area contributed by atoms with Gasteiger partial charge in [0.1, 0.15) is 6.10 Å². The van der Waals surface area contributed by atoms with Crippen molar-refractivity contribution in [3.63, 3.8) is 0 Å². The standard InChI is InChI=1S/C18H26O14/c19-9-10(20)15(25)16(26)17(27,30-12(22)6-2-1-5-11(21)29-16)18(28)31-13(23)7-3-4-8-14(24)32-18/h10,15,19-20,25-28H,1-9H2/t10-,15+,16+,17+/m0/s1. The largest absolute Gasteiger partial charge is 0.451 e. The van der Waals surface area contributed by atoms with Crippen LogP contribution >= 0.6 is 0 Å². The number of cyclic esters (lactones) is 4. The predicted octanol–water partition coefficient (Wildman–Crippen LogP) is -2.96. The summed E-state index contributed by atoms with van der Waals surface area (Å²) in [6.45, 7) is -1.27.